The highest BCUT2D eigenvalue weighted by molar-refractivity contribution is 5.90. The molecule has 3 amide bonds. The first kappa shape index (κ1) is 14.2. The number of benzene rings is 1. The SMILES string of the molecule is CCOC(=O)N1CCCCN1C(=O)Nc1ccccc1. The highest BCUT2D eigenvalue weighted by atomic mass is 16.6. The smallest absolute Gasteiger partial charge is 0.428 e. The molecule has 0 unspecified atom stereocenters. The van der Waals surface area contributed by atoms with Gasteiger partial charge in [-0.25, -0.2) is 19.6 Å². The highest BCUT2D eigenvalue weighted by Gasteiger charge is 2.29. The van der Waals surface area contributed by atoms with Crippen LogP contribution in [-0.4, -0.2) is 41.8 Å². The van der Waals surface area contributed by atoms with Crippen molar-refractivity contribution in [1.29, 1.82) is 0 Å². The molecule has 0 radical (unpaired) electrons. The minimum Gasteiger partial charge on any atom is -0.448 e. The first-order valence-corrected chi connectivity index (χ1v) is 6.80. The zero-order valence-corrected chi connectivity index (χ0v) is 11.5. The number of anilines is 1. The molecule has 20 heavy (non-hydrogen) atoms. The maximum Gasteiger partial charge on any atom is 0.428 e. The summed E-state index contributed by atoms with van der Waals surface area (Å²) in [5.41, 5.74) is 0.701. The van der Waals surface area contributed by atoms with Gasteiger partial charge in [-0.3, -0.25) is 0 Å². The number of hydrogen-bond acceptors (Lipinski definition) is 3. The number of carbonyl (C=O) groups is 2. The topological polar surface area (TPSA) is 61.9 Å². The third-order valence-corrected chi connectivity index (χ3v) is 3.02. The number of ether oxygens (including phenoxy) is 1. The Kier molecular flexibility index (Phi) is 4.81. The van der Waals surface area contributed by atoms with Crippen LogP contribution in [0.2, 0.25) is 0 Å². The Bertz CT molecular complexity index is 464. The third kappa shape index (κ3) is 3.40. The lowest BCUT2D eigenvalue weighted by Crippen LogP contribution is -2.54. The van der Waals surface area contributed by atoms with E-state index >= 15 is 0 Å². The summed E-state index contributed by atoms with van der Waals surface area (Å²) in [7, 11) is 0. The van der Waals surface area contributed by atoms with E-state index in [2.05, 4.69) is 5.32 Å². The van der Waals surface area contributed by atoms with Gasteiger partial charge in [0.05, 0.1) is 6.61 Å². The molecular formula is C14H19N3O3. The molecule has 6 heteroatoms. The van der Waals surface area contributed by atoms with Crippen LogP contribution in [0.4, 0.5) is 15.3 Å². The van der Waals surface area contributed by atoms with Crippen molar-refractivity contribution >= 4 is 17.8 Å². The van der Waals surface area contributed by atoms with Gasteiger partial charge in [-0.15, -0.1) is 0 Å². The molecular weight excluding hydrogens is 258 g/mol. The Hall–Kier alpha value is -2.24. The largest absolute Gasteiger partial charge is 0.448 e. The molecule has 0 bridgehead atoms. The van der Waals surface area contributed by atoms with E-state index in [9.17, 15) is 9.59 Å². The summed E-state index contributed by atoms with van der Waals surface area (Å²) in [4.78, 5) is 24.1. The fourth-order valence-electron chi connectivity index (χ4n) is 2.07. The van der Waals surface area contributed by atoms with E-state index in [4.69, 9.17) is 4.74 Å². The van der Waals surface area contributed by atoms with Crippen molar-refractivity contribution in [2.45, 2.75) is 19.8 Å². The highest BCUT2D eigenvalue weighted by Crippen LogP contribution is 2.15. The minimum absolute atomic E-state index is 0.295. The molecule has 1 aliphatic heterocycles. The number of carbonyl (C=O) groups excluding carboxylic acids is 2. The molecule has 1 N–H and O–H groups in total. The van der Waals surface area contributed by atoms with Crippen LogP contribution < -0.4 is 5.32 Å². The van der Waals surface area contributed by atoms with Crippen molar-refractivity contribution in [3.05, 3.63) is 30.3 Å². The van der Waals surface area contributed by atoms with Crippen molar-refractivity contribution in [1.82, 2.24) is 10.0 Å². The normalized spacial score (nSPS) is 14.8. The van der Waals surface area contributed by atoms with Crippen LogP contribution >= 0.6 is 0 Å². The van der Waals surface area contributed by atoms with Crippen LogP contribution in [0.15, 0.2) is 30.3 Å². The Labute approximate surface area is 118 Å². The molecule has 1 aromatic carbocycles. The van der Waals surface area contributed by atoms with Crippen LogP contribution in [0.1, 0.15) is 19.8 Å². The van der Waals surface area contributed by atoms with Gasteiger partial charge in [0.15, 0.2) is 0 Å². The molecule has 1 fully saturated rings. The Morgan fingerprint density at radius 3 is 2.45 bits per heavy atom. The summed E-state index contributed by atoms with van der Waals surface area (Å²) in [6, 6.07) is 8.85. The molecule has 1 saturated heterocycles. The molecule has 0 aromatic heterocycles. The molecule has 6 nitrogen and oxygen atoms in total. The number of nitrogens with zero attached hydrogens (tertiary/aromatic N) is 2. The summed E-state index contributed by atoms with van der Waals surface area (Å²) in [6.45, 7) is 3.05. The van der Waals surface area contributed by atoms with Crippen LogP contribution in [0.25, 0.3) is 0 Å². The first-order chi connectivity index (χ1) is 9.72. The summed E-state index contributed by atoms with van der Waals surface area (Å²) in [5.74, 6) is 0. The van der Waals surface area contributed by atoms with Gasteiger partial charge in [0.25, 0.3) is 0 Å². The van der Waals surface area contributed by atoms with E-state index in [1.54, 1.807) is 19.1 Å². The Balaban J connectivity index is 2.03. The predicted octanol–water partition coefficient (Wildman–Crippen LogP) is 2.69. The fraction of sp³-hybridized carbons (Fsp3) is 0.429. The number of amides is 3. The number of hydrogen-bond donors (Lipinski definition) is 1. The Morgan fingerprint density at radius 2 is 1.80 bits per heavy atom. The second-order valence-corrected chi connectivity index (χ2v) is 4.45. The lowest BCUT2D eigenvalue weighted by Gasteiger charge is -2.37. The summed E-state index contributed by atoms with van der Waals surface area (Å²) < 4.78 is 4.98. The van der Waals surface area contributed by atoms with Gasteiger partial charge in [-0.05, 0) is 31.9 Å². The van der Waals surface area contributed by atoms with E-state index in [1.165, 1.54) is 10.0 Å². The van der Waals surface area contributed by atoms with Gasteiger partial charge in [-0.1, -0.05) is 18.2 Å². The molecule has 1 heterocycles. The average Bonchev–Trinajstić information content (AvgIpc) is 2.48. The van der Waals surface area contributed by atoms with Crippen LogP contribution in [0, 0.1) is 0 Å². The maximum atomic E-state index is 12.3. The van der Waals surface area contributed by atoms with E-state index in [0.717, 1.165) is 12.8 Å². The number of urea groups is 1. The number of hydrazine groups is 1. The monoisotopic (exact) mass is 277 g/mol. The van der Waals surface area contributed by atoms with Crippen molar-refractivity contribution in [2.75, 3.05) is 25.0 Å². The summed E-state index contributed by atoms with van der Waals surface area (Å²) >= 11 is 0. The molecule has 1 aliphatic rings. The molecule has 2 rings (SSSR count). The maximum absolute atomic E-state index is 12.3. The van der Waals surface area contributed by atoms with Gasteiger partial charge >= 0.3 is 12.1 Å². The lowest BCUT2D eigenvalue weighted by molar-refractivity contribution is -0.00724. The van der Waals surface area contributed by atoms with Gasteiger partial charge in [0.2, 0.25) is 0 Å². The second kappa shape index (κ2) is 6.79. The van der Waals surface area contributed by atoms with Crippen molar-refractivity contribution in [3.8, 4) is 0 Å². The van der Waals surface area contributed by atoms with E-state index in [0.29, 0.717) is 25.4 Å². The van der Waals surface area contributed by atoms with Crippen LogP contribution in [0.3, 0.4) is 0 Å². The molecule has 0 aliphatic carbocycles. The molecule has 0 atom stereocenters. The Morgan fingerprint density at radius 1 is 1.15 bits per heavy atom. The van der Waals surface area contributed by atoms with Crippen LogP contribution in [0.5, 0.6) is 0 Å². The van der Waals surface area contributed by atoms with Gasteiger partial charge < -0.3 is 10.1 Å². The number of para-hydroxylation sites is 1. The zero-order chi connectivity index (χ0) is 14.4. The predicted molar refractivity (Wildman–Crippen MR) is 75.1 cm³/mol. The minimum atomic E-state index is -0.476. The number of rotatable bonds is 2. The summed E-state index contributed by atoms with van der Waals surface area (Å²) in [5, 5.41) is 5.55. The zero-order valence-electron chi connectivity index (χ0n) is 11.5. The van der Waals surface area contributed by atoms with E-state index < -0.39 is 6.09 Å². The molecule has 0 spiro atoms. The molecule has 1 aromatic rings. The van der Waals surface area contributed by atoms with Crippen molar-refractivity contribution in [3.63, 3.8) is 0 Å². The van der Waals surface area contributed by atoms with E-state index in [1.807, 2.05) is 18.2 Å². The summed E-state index contributed by atoms with van der Waals surface area (Å²) in [6.07, 6.45) is 1.27. The quantitative estimate of drug-likeness (QED) is 0.904. The average molecular weight is 277 g/mol. The standard InChI is InChI=1S/C14H19N3O3/c1-2-20-14(19)17-11-7-6-10-16(17)13(18)15-12-8-4-3-5-9-12/h3-5,8-9H,2,6-7,10-11H2,1H3,(H,15,18). The lowest BCUT2D eigenvalue weighted by atomic mass is 10.2. The first-order valence-electron chi connectivity index (χ1n) is 6.80. The number of nitrogens with one attached hydrogen (secondary N) is 1. The second-order valence-electron chi connectivity index (χ2n) is 4.45. The fourth-order valence-corrected chi connectivity index (χ4v) is 2.07. The molecule has 0 saturated carbocycles. The van der Waals surface area contributed by atoms with Crippen molar-refractivity contribution < 1.29 is 14.3 Å². The van der Waals surface area contributed by atoms with Crippen LogP contribution in [-0.2, 0) is 4.74 Å². The van der Waals surface area contributed by atoms with Gasteiger partial charge in [0, 0.05) is 18.8 Å². The van der Waals surface area contributed by atoms with Gasteiger partial charge in [-0.2, -0.15) is 0 Å². The van der Waals surface area contributed by atoms with Gasteiger partial charge in [0.1, 0.15) is 0 Å². The van der Waals surface area contributed by atoms with E-state index in [-0.39, 0.29) is 6.03 Å². The van der Waals surface area contributed by atoms with Crippen molar-refractivity contribution in [2.24, 2.45) is 0 Å². The third-order valence-electron chi connectivity index (χ3n) is 3.02. The molecule has 108 valence electrons.